The van der Waals surface area contributed by atoms with Crippen LogP contribution in [0.1, 0.15) is 39.7 Å². The van der Waals surface area contributed by atoms with Gasteiger partial charge in [0.1, 0.15) is 11.6 Å². The first-order valence-corrected chi connectivity index (χ1v) is 8.11. The summed E-state index contributed by atoms with van der Waals surface area (Å²) in [5.41, 5.74) is 0.578. The molecule has 4 heteroatoms. The van der Waals surface area contributed by atoms with Gasteiger partial charge >= 0.3 is 0 Å². The lowest BCUT2D eigenvalue weighted by atomic mass is 10.1. The van der Waals surface area contributed by atoms with Crippen LogP contribution in [0.5, 0.6) is 0 Å². The van der Waals surface area contributed by atoms with E-state index in [9.17, 15) is 8.78 Å². The topological polar surface area (TPSA) is 12.0 Å². The summed E-state index contributed by atoms with van der Waals surface area (Å²) in [5, 5.41) is 3.45. The molecule has 0 fully saturated rings. The Balaban J connectivity index is 2.67. The fourth-order valence-electron chi connectivity index (χ4n) is 1.84. The lowest BCUT2D eigenvalue weighted by Crippen LogP contribution is -2.35. The molecular formula is C16H25F2NS. The average molecular weight is 301 g/mol. The van der Waals surface area contributed by atoms with Crippen molar-refractivity contribution in [3.05, 3.63) is 35.4 Å². The molecular weight excluding hydrogens is 276 g/mol. The van der Waals surface area contributed by atoms with Crippen LogP contribution >= 0.6 is 11.8 Å². The number of hydrogen-bond donors (Lipinski definition) is 1. The van der Waals surface area contributed by atoms with Crippen LogP contribution in [-0.2, 0) is 6.42 Å². The highest BCUT2D eigenvalue weighted by Gasteiger charge is 2.17. The standard InChI is InChI=1S/C16H25F2NS/c1-5-8-19-14(11-20-16(2,3)4)9-12-6-7-13(17)10-15(12)18/h6-7,10,14,19H,5,8-9,11H2,1-4H3. The van der Waals surface area contributed by atoms with Gasteiger partial charge in [0.2, 0.25) is 0 Å². The quantitative estimate of drug-likeness (QED) is 0.801. The molecule has 1 rings (SSSR count). The van der Waals surface area contributed by atoms with Crippen LogP contribution in [0.15, 0.2) is 18.2 Å². The van der Waals surface area contributed by atoms with E-state index in [0.717, 1.165) is 24.8 Å². The van der Waals surface area contributed by atoms with Crippen molar-refractivity contribution in [2.24, 2.45) is 0 Å². The third-order valence-electron chi connectivity index (χ3n) is 2.88. The average Bonchev–Trinajstić information content (AvgIpc) is 2.34. The first-order valence-electron chi connectivity index (χ1n) is 7.13. The smallest absolute Gasteiger partial charge is 0.129 e. The van der Waals surface area contributed by atoms with Crippen molar-refractivity contribution >= 4 is 11.8 Å². The summed E-state index contributed by atoms with van der Waals surface area (Å²) in [6, 6.07) is 4.04. The number of benzene rings is 1. The summed E-state index contributed by atoms with van der Waals surface area (Å²) in [6.07, 6.45) is 1.64. The van der Waals surface area contributed by atoms with Gasteiger partial charge in [0.25, 0.3) is 0 Å². The first kappa shape index (κ1) is 17.4. The van der Waals surface area contributed by atoms with Crippen LogP contribution in [0.25, 0.3) is 0 Å². The molecule has 0 saturated carbocycles. The Bertz CT molecular complexity index is 415. The fraction of sp³-hybridized carbons (Fsp3) is 0.625. The molecule has 0 aromatic heterocycles. The molecule has 0 aliphatic carbocycles. The Labute approximate surface area is 125 Å². The molecule has 20 heavy (non-hydrogen) atoms. The highest BCUT2D eigenvalue weighted by atomic mass is 32.2. The number of halogens is 2. The zero-order valence-corrected chi connectivity index (χ0v) is 13.6. The molecule has 0 amide bonds. The van der Waals surface area contributed by atoms with Crippen molar-refractivity contribution in [2.75, 3.05) is 12.3 Å². The SMILES string of the molecule is CCCNC(CSC(C)(C)C)Cc1ccc(F)cc1F. The van der Waals surface area contributed by atoms with Gasteiger partial charge in [-0.3, -0.25) is 0 Å². The summed E-state index contributed by atoms with van der Waals surface area (Å²) in [7, 11) is 0. The van der Waals surface area contributed by atoms with Gasteiger partial charge in [0.15, 0.2) is 0 Å². The number of nitrogens with one attached hydrogen (secondary N) is 1. The van der Waals surface area contributed by atoms with Crippen molar-refractivity contribution < 1.29 is 8.78 Å². The monoisotopic (exact) mass is 301 g/mol. The highest BCUT2D eigenvalue weighted by Crippen LogP contribution is 2.25. The van der Waals surface area contributed by atoms with Crippen molar-refractivity contribution in [2.45, 2.75) is 51.3 Å². The van der Waals surface area contributed by atoms with Crippen LogP contribution in [-0.4, -0.2) is 23.1 Å². The Morgan fingerprint density at radius 3 is 2.50 bits per heavy atom. The molecule has 0 radical (unpaired) electrons. The largest absolute Gasteiger partial charge is 0.313 e. The normalized spacial score (nSPS) is 13.5. The highest BCUT2D eigenvalue weighted by molar-refractivity contribution is 8.00. The molecule has 0 heterocycles. The maximum atomic E-state index is 13.7. The first-order chi connectivity index (χ1) is 9.31. The van der Waals surface area contributed by atoms with Gasteiger partial charge in [-0.15, -0.1) is 0 Å². The lowest BCUT2D eigenvalue weighted by Gasteiger charge is -2.24. The van der Waals surface area contributed by atoms with Gasteiger partial charge in [-0.25, -0.2) is 8.78 Å². The van der Waals surface area contributed by atoms with Gasteiger partial charge < -0.3 is 5.32 Å². The second-order valence-electron chi connectivity index (χ2n) is 6.01. The van der Waals surface area contributed by atoms with Gasteiger partial charge in [-0.2, -0.15) is 11.8 Å². The zero-order chi connectivity index (χ0) is 15.2. The van der Waals surface area contributed by atoms with Crippen molar-refractivity contribution in [1.82, 2.24) is 5.32 Å². The van der Waals surface area contributed by atoms with E-state index in [1.807, 2.05) is 11.8 Å². The summed E-state index contributed by atoms with van der Waals surface area (Å²) >= 11 is 1.86. The number of thioether (sulfide) groups is 1. The van der Waals surface area contributed by atoms with E-state index < -0.39 is 11.6 Å². The lowest BCUT2D eigenvalue weighted by molar-refractivity contribution is 0.523. The number of rotatable bonds is 7. The van der Waals surface area contributed by atoms with Gasteiger partial charge in [0, 0.05) is 22.6 Å². The van der Waals surface area contributed by atoms with E-state index in [4.69, 9.17) is 0 Å². The maximum Gasteiger partial charge on any atom is 0.129 e. The van der Waals surface area contributed by atoms with E-state index in [1.54, 1.807) is 6.07 Å². The Kier molecular flexibility index (Phi) is 6.96. The minimum Gasteiger partial charge on any atom is -0.313 e. The molecule has 0 spiro atoms. The predicted molar refractivity (Wildman–Crippen MR) is 84.4 cm³/mol. The molecule has 1 aromatic carbocycles. The maximum absolute atomic E-state index is 13.7. The second-order valence-corrected chi connectivity index (χ2v) is 7.86. The Morgan fingerprint density at radius 1 is 1.25 bits per heavy atom. The molecule has 0 aliphatic rings. The second kappa shape index (κ2) is 7.99. The molecule has 1 unspecified atom stereocenters. The van der Waals surface area contributed by atoms with E-state index in [1.165, 1.54) is 6.07 Å². The van der Waals surface area contributed by atoms with Gasteiger partial charge in [-0.05, 0) is 31.0 Å². The molecule has 0 bridgehead atoms. The molecule has 0 aliphatic heterocycles. The van der Waals surface area contributed by atoms with Crippen molar-refractivity contribution in [3.8, 4) is 0 Å². The Hall–Kier alpha value is -0.610. The van der Waals surface area contributed by atoms with Crippen LogP contribution in [0.2, 0.25) is 0 Å². The summed E-state index contributed by atoms with van der Waals surface area (Å²) < 4.78 is 26.9. The third-order valence-corrected chi connectivity index (χ3v) is 4.32. The van der Waals surface area contributed by atoms with E-state index in [2.05, 4.69) is 33.0 Å². The summed E-state index contributed by atoms with van der Waals surface area (Å²) in [6.45, 7) is 9.55. The van der Waals surface area contributed by atoms with Crippen LogP contribution in [0.3, 0.4) is 0 Å². The van der Waals surface area contributed by atoms with Crippen molar-refractivity contribution in [3.63, 3.8) is 0 Å². The van der Waals surface area contributed by atoms with Gasteiger partial charge in [0.05, 0.1) is 0 Å². The van der Waals surface area contributed by atoms with E-state index >= 15 is 0 Å². The van der Waals surface area contributed by atoms with Crippen molar-refractivity contribution in [1.29, 1.82) is 0 Å². The molecule has 1 nitrogen and oxygen atoms in total. The molecule has 114 valence electrons. The fourth-order valence-corrected chi connectivity index (χ4v) is 2.78. The summed E-state index contributed by atoms with van der Waals surface area (Å²) in [5.74, 6) is -0.0530. The summed E-state index contributed by atoms with van der Waals surface area (Å²) in [4.78, 5) is 0. The molecule has 0 saturated heterocycles. The van der Waals surface area contributed by atoms with Crippen LogP contribution in [0.4, 0.5) is 8.78 Å². The third kappa shape index (κ3) is 6.71. The minimum absolute atomic E-state index is 0.188. The molecule has 1 atom stereocenters. The van der Waals surface area contributed by atoms with E-state index in [0.29, 0.717) is 12.0 Å². The zero-order valence-electron chi connectivity index (χ0n) is 12.8. The van der Waals surface area contributed by atoms with Crippen LogP contribution < -0.4 is 5.32 Å². The molecule has 1 aromatic rings. The number of hydrogen-bond acceptors (Lipinski definition) is 2. The van der Waals surface area contributed by atoms with E-state index in [-0.39, 0.29) is 10.8 Å². The molecule has 1 N–H and O–H groups in total. The van der Waals surface area contributed by atoms with Gasteiger partial charge in [-0.1, -0.05) is 33.8 Å². The predicted octanol–water partition coefficient (Wildman–Crippen LogP) is 4.41. The minimum atomic E-state index is -0.520. The Morgan fingerprint density at radius 2 is 1.95 bits per heavy atom. The van der Waals surface area contributed by atoms with Crippen LogP contribution in [0, 0.1) is 11.6 Å².